The van der Waals surface area contributed by atoms with Gasteiger partial charge < -0.3 is 4.90 Å². The summed E-state index contributed by atoms with van der Waals surface area (Å²) in [5.74, 6) is 0. The first-order chi connectivity index (χ1) is 34.2. The van der Waals surface area contributed by atoms with Gasteiger partial charge in [-0.15, -0.1) is 0 Å². The fourth-order valence-corrected chi connectivity index (χ4v) is 12.0. The summed E-state index contributed by atoms with van der Waals surface area (Å²) in [5, 5.41) is 0. The zero-order valence-electron chi connectivity index (χ0n) is 38.1. The maximum Gasteiger partial charge on any atom is 0.0714 e. The number of anilines is 3. The minimum absolute atomic E-state index is 0.497. The first kappa shape index (κ1) is 40.5. The lowest BCUT2D eigenvalue weighted by Crippen LogP contribution is -2.29. The van der Waals surface area contributed by atoms with Crippen LogP contribution in [0, 0.1) is 0 Å². The maximum atomic E-state index is 2.47. The highest BCUT2D eigenvalue weighted by atomic mass is 15.1. The number of hydrogen-bond donors (Lipinski definition) is 0. The van der Waals surface area contributed by atoms with Crippen molar-refractivity contribution >= 4 is 17.1 Å². The van der Waals surface area contributed by atoms with Crippen LogP contribution in [0.4, 0.5) is 17.1 Å². The molecule has 0 radical (unpaired) electrons. The van der Waals surface area contributed by atoms with E-state index in [1.165, 1.54) is 83.5 Å². The van der Waals surface area contributed by atoms with Gasteiger partial charge in [0.1, 0.15) is 0 Å². The predicted molar refractivity (Wildman–Crippen MR) is 287 cm³/mol. The number of hydrogen-bond acceptors (Lipinski definition) is 1. The van der Waals surface area contributed by atoms with Gasteiger partial charge in [-0.05, 0) is 125 Å². The van der Waals surface area contributed by atoms with Gasteiger partial charge in [-0.1, -0.05) is 249 Å². The lowest BCUT2D eigenvalue weighted by molar-refractivity contribution is 0.768. The van der Waals surface area contributed by atoms with E-state index >= 15 is 0 Å². The van der Waals surface area contributed by atoms with Crippen LogP contribution in [0.15, 0.2) is 285 Å². The Bertz CT molecular complexity index is 3570. The molecule has 11 aromatic rings. The van der Waals surface area contributed by atoms with Crippen molar-refractivity contribution in [2.24, 2.45) is 0 Å². The van der Waals surface area contributed by atoms with E-state index in [2.05, 4.69) is 290 Å². The van der Waals surface area contributed by atoms with Gasteiger partial charge in [0.25, 0.3) is 0 Å². The molecule has 1 nitrogen and oxygen atoms in total. The normalized spacial score (nSPS) is 13.4. The third kappa shape index (κ3) is 6.24. The van der Waals surface area contributed by atoms with Crippen molar-refractivity contribution in [1.29, 1.82) is 0 Å². The molecule has 0 heterocycles. The quantitative estimate of drug-likeness (QED) is 0.140. The second-order valence-electron chi connectivity index (χ2n) is 18.3. The van der Waals surface area contributed by atoms with Gasteiger partial charge in [-0.2, -0.15) is 0 Å². The first-order valence-corrected chi connectivity index (χ1v) is 24.0. The lowest BCUT2D eigenvalue weighted by Gasteiger charge is -2.35. The Morgan fingerprint density at radius 2 is 0.551 bits per heavy atom. The van der Waals surface area contributed by atoms with E-state index in [1.54, 1.807) is 0 Å². The molecule has 69 heavy (non-hydrogen) atoms. The van der Waals surface area contributed by atoms with Gasteiger partial charge in [0, 0.05) is 17.1 Å². The largest absolute Gasteiger partial charge is 0.310 e. The Morgan fingerprint density at radius 3 is 1.06 bits per heavy atom. The van der Waals surface area contributed by atoms with Gasteiger partial charge in [0.05, 0.1) is 10.8 Å². The molecule has 324 valence electrons. The van der Waals surface area contributed by atoms with Crippen LogP contribution in [0.3, 0.4) is 0 Å². The SMILES string of the molecule is c1ccc(-c2ccccc2-c2cccc(N(c3ccc(C4(c5ccccc5)c5ccccc5-c5ccccc54)cc3)c3ccc4c(c3)C(c3ccccc3)(c3ccccc3)c3ccccc3-4)c2)cc1. The van der Waals surface area contributed by atoms with Crippen molar-refractivity contribution in [1.82, 2.24) is 0 Å². The van der Waals surface area contributed by atoms with E-state index in [0.717, 1.165) is 22.6 Å². The first-order valence-electron chi connectivity index (χ1n) is 24.0. The van der Waals surface area contributed by atoms with E-state index in [9.17, 15) is 0 Å². The zero-order chi connectivity index (χ0) is 45.8. The van der Waals surface area contributed by atoms with Crippen LogP contribution in [0.5, 0.6) is 0 Å². The molecule has 0 saturated carbocycles. The molecule has 0 N–H and O–H groups in total. The standard InChI is InChI=1S/C68H47N/c1-5-22-48(23-6-1)57-32-13-14-33-58(57)49-24-21-31-55(46-49)69(54-42-40-53(41-43-54)67(50-25-7-2-8-26-50)63-37-18-15-34-59(63)60-35-16-19-38-64(60)67)56-44-45-62-61-36-17-20-39-65(61)68(66(62)47-56,51-27-9-3-10-28-51)52-29-11-4-12-30-52/h1-47H. The summed E-state index contributed by atoms with van der Waals surface area (Å²) in [5.41, 5.74) is 22.3. The minimum atomic E-state index is -0.540. The summed E-state index contributed by atoms with van der Waals surface area (Å²) in [7, 11) is 0. The average molecular weight is 878 g/mol. The van der Waals surface area contributed by atoms with Gasteiger partial charge in [0.15, 0.2) is 0 Å². The number of fused-ring (bicyclic) bond motifs is 6. The summed E-state index contributed by atoms with van der Waals surface area (Å²) in [4.78, 5) is 2.47. The molecule has 0 unspecified atom stereocenters. The van der Waals surface area contributed by atoms with Crippen molar-refractivity contribution in [3.05, 3.63) is 330 Å². The molecule has 13 rings (SSSR count). The molecule has 0 bridgehead atoms. The Morgan fingerprint density at radius 1 is 0.203 bits per heavy atom. The molecule has 1 heteroatoms. The Hall–Kier alpha value is -8.78. The van der Waals surface area contributed by atoms with Gasteiger partial charge in [-0.3, -0.25) is 0 Å². The number of nitrogens with zero attached hydrogens (tertiary/aromatic N) is 1. The van der Waals surface area contributed by atoms with Crippen LogP contribution < -0.4 is 4.90 Å². The van der Waals surface area contributed by atoms with Crippen molar-refractivity contribution in [3.8, 4) is 44.5 Å². The van der Waals surface area contributed by atoms with E-state index in [0.29, 0.717) is 0 Å². The molecule has 0 aromatic heterocycles. The third-order valence-electron chi connectivity index (χ3n) is 14.8. The van der Waals surface area contributed by atoms with Gasteiger partial charge in [0.2, 0.25) is 0 Å². The monoisotopic (exact) mass is 877 g/mol. The van der Waals surface area contributed by atoms with Crippen LogP contribution >= 0.6 is 0 Å². The topological polar surface area (TPSA) is 3.24 Å². The zero-order valence-corrected chi connectivity index (χ0v) is 38.1. The molecule has 2 aliphatic carbocycles. The highest BCUT2D eigenvalue weighted by molar-refractivity contribution is 5.92. The summed E-state index contributed by atoms with van der Waals surface area (Å²) in [6.45, 7) is 0. The fourth-order valence-electron chi connectivity index (χ4n) is 12.0. The summed E-state index contributed by atoms with van der Waals surface area (Å²) < 4.78 is 0. The molecule has 11 aromatic carbocycles. The molecule has 0 amide bonds. The van der Waals surface area contributed by atoms with Crippen LogP contribution in [0.1, 0.15) is 44.5 Å². The average Bonchev–Trinajstić information content (AvgIpc) is 3.91. The van der Waals surface area contributed by atoms with E-state index in [4.69, 9.17) is 0 Å². The lowest BCUT2D eigenvalue weighted by atomic mass is 9.67. The predicted octanol–water partition coefficient (Wildman–Crippen LogP) is 17.2. The second kappa shape index (κ2) is 16.5. The molecule has 0 spiro atoms. The molecule has 2 aliphatic rings. The molecule has 0 atom stereocenters. The Labute approximate surface area is 404 Å². The van der Waals surface area contributed by atoms with Crippen molar-refractivity contribution < 1.29 is 0 Å². The van der Waals surface area contributed by atoms with Crippen LogP contribution in [-0.2, 0) is 10.8 Å². The fraction of sp³-hybridized carbons (Fsp3) is 0.0294. The highest BCUT2D eigenvalue weighted by Gasteiger charge is 2.47. The Balaban J connectivity index is 1.04. The molecule has 0 saturated heterocycles. The maximum absolute atomic E-state index is 2.47. The number of benzene rings is 11. The van der Waals surface area contributed by atoms with Crippen molar-refractivity contribution in [2.75, 3.05) is 4.90 Å². The molecular weight excluding hydrogens is 831 g/mol. The van der Waals surface area contributed by atoms with Crippen LogP contribution in [-0.4, -0.2) is 0 Å². The second-order valence-corrected chi connectivity index (χ2v) is 18.3. The van der Waals surface area contributed by atoms with Gasteiger partial charge in [-0.25, -0.2) is 0 Å². The highest BCUT2D eigenvalue weighted by Crippen LogP contribution is 2.59. The van der Waals surface area contributed by atoms with E-state index in [1.807, 2.05) is 0 Å². The van der Waals surface area contributed by atoms with Crippen molar-refractivity contribution in [3.63, 3.8) is 0 Å². The molecule has 0 aliphatic heterocycles. The third-order valence-corrected chi connectivity index (χ3v) is 14.8. The Kier molecular flexibility index (Phi) is 9.70. The summed E-state index contributed by atoms with van der Waals surface area (Å²) >= 11 is 0. The molecular formula is C68H47N. The van der Waals surface area contributed by atoms with Crippen molar-refractivity contribution in [2.45, 2.75) is 10.8 Å². The summed E-state index contributed by atoms with van der Waals surface area (Å²) in [6, 6.07) is 105. The molecule has 0 fully saturated rings. The van der Waals surface area contributed by atoms with Gasteiger partial charge >= 0.3 is 0 Å². The van der Waals surface area contributed by atoms with Crippen LogP contribution in [0.2, 0.25) is 0 Å². The van der Waals surface area contributed by atoms with E-state index in [-0.39, 0.29) is 0 Å². The van der Waals surface area contributed by atoms with E-state index < -0.39 is 10.8 Å². The van der Waals surface area contributed by atoms with Crippen LogP contribution in [0.25, 0.3) is 44.5 Å². The summed E-state index contributed by atoms with van der Waals surface area (Å²) in [6.07, 6.45) is 0. The number of rotatable bonds is 9. The smallest absolute Gasteiger partial charge is 0.0714 e. The minimum Gasteiger partial charge on any atom is -0.310 e.